The number of pyridine rings is 2. The molecule has 4 aromatic rings. The van der Waals surface area contributed by atoms with E-state index in [1.807, 2.05) is 0 Å². The van der Waals surface area contributed by atoms with Gasteiger partial charge >= 0.3 is 0 Å². The topological polar surface area (TPSA) is 7.76 Å². The van der Waals surface area contributed by atoms with Crippen LogP contribution in [-0.2, 0) is 7.05 Å². The largest absolute Gasteiger partial charge is 0.220 e. The fourth-order valence-corrected chi connectivity index (χ4v) is 3.59. The molecular formula is C23H22N2+2. The van der Waals surface area contributed by atoms with Crippen LogP contribution in [0, 0.1) is 13.8 Å². The van der Waals surface area contributed by atoms with Crippen molar-refractivity contribution < 1.29 is 9.13 Å². The maximum atomic E-state index is 2.25. The van der Waals surface area contributed by atoms with Crippen LogP contribution in [-0.4, -0.2) is 0 Å². The smallest absolute Gasteiger partial charge is 0.200 e. The minimum absolute atomic E-state index is 1.23. The third kappa shape index (κ3) is 2.60. The number of nitrogens with zero attached hydrogens (tertiary/aromatic N) is 2. The minimum atomic E-state index is 1.23. The highest BCUT2D eigenvalue weighted by molar-refractivity contribution is 5.93. The maximum absolute atomic E-state index is 2.25. The molecule has 0 spiro atoms. The number of hydrogen-bond acceptors (Lipinski definition) is 0. The fourth-order valence-electron chi connectivity index (χ4n) is 3.59. The van der Waals surface area contributed by atoms with Crippen molar-refractivity contribution in [3.8, 4) is 16.9 Å². The normalized spacial score (nSPS) is 11.0. The lowest BCUT2D eigenvalue weighted by atomic mass is 9.98. The van der Waals surface area contributed by atoms with Crippen molar-refractivity contribution in [2.24, 2.45) is 7.05 Å². The lowest BCUT2D eigenvalue weighted by Gasteiger charge is -2.09. The summed E-state index contributed by atoms with van der Waals surface area (Å²) >= 11 is 0. The van der Waals surface area contributed by atoms with E-state index in [0.717, 1.165) is 0 Å². The second-order valence-electron chi connectivity index (χ2n) is 6.52. The Morgan fingerprint density at radius 1 is 0.720 bits per heavy atom. The van der Waals surface area contributed by atoms with Gasteiger partial charge in [0.15, 0.2) is 18.1 Å². The second kappa shape index (κ2) is 6.14. The van der Waals surface area contributed by atoms with Crippen LogP contribution in [0.1, 0.15) is 11.3 Å². The predicted octanol–water partition coefficient (Wildman–Crippen LogP) is 4.22. The molecule has 0 fully saturated rings. The molecule has 0 aliphatic rings. The van der Waals surface area contributed by atoms with E-state index in [9.17, 15) is 0 Å². The summed E-state index contributed by atoms with van der Waals surface area (Å²) in [5.41, 5.74) is 6.27. The molecule has 0 saturated carbocycles. The van der Waals surface area contributed by atoms with Gasteiger partial charge in [0.2, 0.25) is 11.4 Å². The summed E-state index contributed by atoms with van der Waals surface area (Å²) < 4.78 is 4.47. The molecule has 2 aromatic heterocycles. The number of benzene rings is 2. The van der Waals surface area contributed by atoms with Gasteiger partial charge in [-0.3, -0.25) is 0 Å². The first-order valence-electron chi connectivity index (χ1n) is 8.62. The third-order valence-corrected chi connectivity index (χ3v) is 4.93. The SMILES string of the molecule is Cc1c(-c2c3ccccc3cc[n+]2C)cccc1-[n+]1ccccc1C. The summed E-state index contributed by atoms with van der Waals surface area (Å²) in [4.78, 5) is 0. The third-order valence-electron chi connectivity index (χ3n) is 4.93. The molecule has 0 atom stereocenters. The van der Waals surface area contributed by atoms with Gasteiger partial charge in [0.1, 0.15) is 7.05 Å². The highest BCUT2D eigenvalue weighted by atomic mass is 15.0. The summed E-state index contributed by atoms with van der Waals surface area (Å²) in [5.74, 6) is 0. The van der Waals surface area contributed by atoms with Gasteiger partial charge in [-0.1, -0.05) is 30.3 Å². The molecule has 0 N–H and O–H groups in total. The van der Waals surface area contributed by atoms with Gasteiger partial charge in [-0.05, 0) is 24.4 Å². The van der Waals surface area contributed by atoms with Crippen LogP contribution in [0.25, 0.3) is 27.7 Å². The number of hydrogen-bond donors (Lipinski definition) is 0. The molecule has 0 unspecified atom stereocenters. The van der Waals surface area contributed by atoms with E-state index in [0.29, 0.717) is 0 Å². The number of rotatable bonds is 2. The monoisotopic (exact) mass is 326 g/mol. The Balaban J connectivity index is 2.02. The van der Waals surface area contributed by atoms with Crippen LogP contribution in [0.2, 0.25) is 0 Å². The number of fused-ring (bicyclic) bond motifs is 1. The first-order valence-corrected chi connectivity index (χ1v) is 8.62. The zero-order valence-corrected chi connectivity index (χ0v) is 14.9. The average Bonchev–Trinajstić information content (AvgIpc) is 2.63. The summed E-state index contributed by atoms with van der Waals surface area (Å²) in [5, 5.41) is 2.55. The first-order chi connectivity index (χ1) is 12.2. The van der Waals surface area contributed by atoms with Gasteiger partial charge in [-0.15, -0.1) is 0 Å². The zero-order chi connectivity index (χ0) is 17.4. The Morgan fingerprint density at radius 2 is 1.52 bits per heavy atom. The van der Waals surface area contributed by atoms with Crippen molar-refractivity contribution >= 4 is 10.8 Å². The van der Waals surface area contributed by atoms with Crippen molar-refractivity contribution in [2.75, 3.05) is 0 Å². The van der Waals surface area contributed by atoms with E-state index in [4.69, 9.17) is 0 Å². The zero-order valence-electron chi connectivity index (χ0n) is 14.9. The van der Waals surface area contributed by atoms with Crippen molar-refractivity contribution in [3.05, 3.63) is 90.4 Å². The van der Waals surface area contributed by atoms with Crippen LogP contribution in [0.5, 0.6) is 0 Å². The molecule has 0 aliphatic heterocycles. The molecule has 2 heterocycles. The standard InChI is InChI=1S/C23H22N2/c1-17-9-6-7-15-25(17)22-13-8-12-20(18(22)2)23-21-11-5-4-10-19(21)14-16-24(23)3/h4-16H,1-3H3/q+2. The molecule has 2 heteroatoms. The quantitative estimate of drug-likeness (QED) is 0.487. The molecule has 0 amide bonds. The highest BCUT2D eigenvalue weighted by Crippen LogP contribution is 2.29. The van der Waals surface area contributed by atoms with Crippen molar-refractivity contribution in [1.29, 1.82) is 0 Å². The first kappa shape index (κ1) is 15.5. The molecule has 4 rings (SSSR count). The molecule has 0 bridgehead atoms. The van der Waals surface area contributed by atoms with Crippen LogP contribution in [0.4, 0.5) is 0 Å². The van der Waals surface area contributed by atoms with Gasteiger partial charge in [0.25, 0.3) is 0 Å². The van der Waals surface area contributed by atoms with E-state index in [1.165, 1.54) is 39.0 Å². The predicted molar refractivity (Wildman–Crippen MR) is 102 cm³/mol. The van der Waals surface area contributed by atoms with E-state index < -0.39 is 0 Å². The Bertz CT molecular complexity index is 1080. The Labute approximate surface area is 148 Å². The molecule has 0 aliphatic carbocycles. The highest BCUT2D eigenvalue weighted by Gasteiger charge is 2.22. The average molecular weight is 326 g/mol. The van der Waals surface area contributed by atoms with Crippen LogP contribution in [0.15, 0.2) is 79.1 Å². The van der Waals surface area contributed by atoms with Crippen molar-refractivity contribution in [3.63, 3.8) is 0 Å². The molecular weight excluding hydrogens is 304 g/mol. The van der Waals surface area contributed by atoms with Gasteiger partial charge < -0.3 is 0 Å². The Kier molecular flexibility index (Phi) is 3.81. The summed E-state index contributed by atoms with van der Waals surface area (Å²) in [6.45, 7) is 4.36. The van der Waals surface area contributed by atoms with E-state index >= 15 is 0 Å². The second-order valence-corrected chi connectivity index (χ2v) is 6.52. The molecule has 0 radical (unpaired) electrons. The van der Waals surface area contributed by atoms with Gasteiger partial charge in [0, 0.05) is 36.8 Å². The van der Waals surface area contributed by atoms with Crippen LogP contribution >= 0.6 is 0 Å². The molecule has 2 nitrogen and oxygen atoms in total. The lowest BCUT2D eigenvalue weighted by molar-refractivity contribution is -0.659. The lowest BCUT2D eigenvalue weighted by Crippen LogP contribution is -2.35. The van der Waals surface area contributed by atoms with Crippen LogP contribution in [0.3, 0.4) is 0 Å². The molecule has 0 saturated heterocycles. The Hall–Kier alpha value is -3.00. The number of aromatic nitrogens is 2. The minimum Gasteiger partial charge on any atom is -0.200 e. The summed E-state index contributed by atoms with van der Waals surface area (Å²) in [7, 11) is 2.12. The van der Waals surface area contributed by atoms with E-state index in [1.54, 1.807) is 0 Å². The van der Waals surface area contributed by atoms with E-state index in [-0.39, 0.29) is 0 Å². The van der Waals surface area contributed by atoms with Crippen molar-refractivity contribution in [2.45, 2.75) is 13.8 Å². The summed E-state index contributed by atoms with van der Waals surface area (Å²) in [6, 6.07) is 23.6. The molecule has 2 aromatic carbocycles. The number of aryl methyl sites for hydroxylation is 2. The maximum Gasteiger partial charge on any atom is 0.220 e. The Morgan fingerprint density at radius 3 is 2.36 bits per heavy atom. The molecule has 25 heavy (non-hydrogen) atoms. The molecule has 122 valence electrons. The van der Waals surface area contributed by atoms with Gasteiger partial charge in [-0.2, -0.15) is 4.57 Å². The summed E-state index contributed by atoms with van der Waals surface area (Å²) in [6.07, 6.45) is 4.27. The van der Waals surface area contributed by atoms with Crippen LogP contribution < -0.4 is 9.13 Å². The van der Waals surface area contributed by atoms with Crippen molar-refractivity contribution in [1.82, 2.24) is 0 Å². The van der Waals surface area contributed by atoms with Gasteiger partial charge in [0.05, 0.1) is 10.9 Å². The van der Waals surface area contributed by atoms with E-state index in [2.05, 4.69) is 109 Å². The fraction of sp³-hybridized carbons (Fsp3) is 0.130. The van der Waals surface area contributed by atoms with Gasteiger partial charge in [-0.25, -0.2) is 4.57 Å².